The summed E-state index contributed by atoms with van der Waals surface area (Å²) in [6, 6.07) is 1.21. The van der Waals surface area contributed by atoms with Crippen LogP contribution in [0.2, 0.25) is 0 Å². The largest absolute Gasteiger partial charge is 0.376 e. The van der Waals surface area contributed by atoms with E-state index in [1.54, 1.807) is 0 Å². The first-order chi connectivity index (χ1) is 9.69. The van der Waals surface area contributed by atoms with Gasteiger partial charge in [-0.15, -0.1) is 0 Å². The van der Waals surface area contributed by atoms with Crippen molar-refractivity contribution in [3.05, 3.63) is 0 Å². The molecule has 0 spiro atoms. The van der Waals surface area contributed by atoms with Gasteiger partial charge in [-0.1, -0.05) is 0 Å². The number of nitrogens with zero attached hydrogens (tertiary/aromatic N) is 1. The molecule has 0 aromatic heterocycles. The van der Waals surface area contributed by atoms with E-state index in [1.807, 2.05) is 7.05 Å². The molecule has 1 atom stereocenters. The van der Waals surface area contributed by atoms with E-state index in [1.165, 1.54) is 25.7 Å². The second-order valence-corrected chi connectivity index (χ2v) is 6.15. The van der Waals surface area contributed by atoms with Gasteiger partial charge in [0.2, 0.25) is 5.91 Å². The number of likely N-dealkylation sites (N-methyl/N-ethyl adjacent to an activating group) is 1. The number of carbonyl (C=O) groups is 1. The van der Waals surface area contributed by atoms with Crippen LogP contribution in [-0.4, -0.2) is 62.8 Å². The summed E-state index contributed by atoms with van der Waals surface area (Å²) in [6.45, 7) is 2.01. The summed E-state index contributed by atoms with van der Waals surface area (Å²) in [4.78, 5) is 14.2. The van der Waals surface area contributed by atoms with Crippen LogP contribution in [0.15, 0.2) is 0 Å². The van der Waals surface area contributed by atoms with Crippen LogP contribution in [0.25, 0.3) is 0 Å². The number of ether oxygens (including phenoxy) is 1. The highest BCUT2D eigenvalue weighted by atomic mass is 16.5. The Bertz CT molecular complexity index is 297. The van der Waals surface area contributed by atoms with Gasteiger partial charge in [-0.25, -0.2) is 0 Å². The summed E-state index contributed by atoms with van der Waals surface area (Å²) in [5, 5.41) is 6.34. The first-order valence-corrected chi connectivity index (χ1v) is 7.95. The minimum Gasteiger partial charge on any atom is -0.376 e. The van der Waals surface area contributed by atoms with E-state index in [2.05, 4.69) is 22.6 Å². The molecule has 2 fully saturated rings. The summed E-state index contributed by atoms with van der Waals surface area (Å²) < 4.78 is 5.51. The fourth-order valence-corrected chi connectivity index (χ4v) is 3.25. The molecule has 116 valence electrons. The average Bonchev–Trinajstić information content (AvgIpc) is 2.98. The van der Waals surface area contributed by atoms with E-state index in [0.29, 0.717) is 25.2 Å². The lowest BCUT2D eigenvalue weighted by Gasteiger charge is -2.34. The van der Waals surface area contributed by atoms with Gasteiger partial charge in [0.25, 0.3) is 0 Å². The van der Waals surface area contributed by atoms with Crippen molar-refractivity contribution in [2.24, 2.45) is 0 Å². The van der Waals surface area contributed by atoms with Crippen molar-refractivity contribution in [1.82, 2.24) is 15.5 Å². The van der Waals surface area contributed by atoms with E-state index >= 15 is 0 Å². The lowest BCUT2D eigenvalue weighted by Crippen LogP contribution is -2.45. The van der Waals surface area contributed by atoms with Gasteiger partial charge < -0.3 is 15.4 Å². The van der Waals surface area contributed by atoms with Gasteiger partial charge in [-0.2, -0.15) is 0 Å². The standard InChI is InChI=1S/C15H29N3O2/c1-16-12-5-7-13(8-6-12)18(2)11-15(19)17-10-14-4-3-9-20-14/h12-14,16H,3-11H2,1-2H3,(H,17,19). The molecule has 1 saturated carbocycles. The number of carbonyl (C=O) groups excluding carboxylic acids is 1. The minimum absolute atomic E-state index is 0.124. The zero-order chi connectivity index (χ0) is 14.4. The summed E-state index contributed by atoms with van der Waals surface area (Å²) in [5.41, 5.74) is 0. The predicted octanol–water partition coefficient (Wildman–Crippen LogP) is 0.744. The Morgan fingerprint density at radius 3 is 2.60 bits per heavy atom. The molecule has 5 nitrogen and oxygen atoms in total. The van der Waals surface area contributed by atoms with Crippen molar-refractivity contribution < 1.29 is 9.53 Å². The molecule has 20 heavy (non-hydrogen) atoms. The van der Waals surface area contributed by atoms with Crippen molar-refractivity contribution >= 4 is 5.91 Å². The Morgan fingerprint density at radius 1 is 1.25 bits per heavy atom. The molecule has 0 aromatic rings. The van der Waals surface area contributed by atoms with Crippen LogP contribution in [-0.2, 0) is 9.53 Å². The predicted molar refractivity (Wildman–Crippen MR) is 79.7 cm³/mol. The Morgan fingerprint density at radius 2 is 2.00 bits per heavy atom. The maximum absolute atomic E-state index is 12.0. The van der Waals surface area contributed by atoms with Crippen molar-refractivity contribution in [3.63, 3.8) is 0 Å². The normalized spacial score (nSPS) is 30.6. The van der Waals surface area contributed by atoms with Crippen LogP contribution in [0.4, 0.5) is 0 Å². The SMILES string of the molecule is CNC1CCC(N(C)CC(=O)NCC2CCCO2)CC1. The molecule has 1 saturated heterocycles. The van der Waals surface area contributed by atoms with E-state index in [9.17, 15) is 4.79 Å². The fourth-order valence-electron chi connectivity index (χ4n) is 3.25. The second kappa shape index (κ2) is 7.96. The third-order valence-electron chi connectivity index (χ3n) is 4.67. The van der Waals surface area contributed by atoms with E-state index in [0.717, 1.165) is 19.4 Å². The molecule has 1 heterocycles. The summed E-state index contributed by atoms with van der Waals surface area (Å²) >= 11 is 0. The monoisotopic (exact) mass is 283 g/mol. The quantitative estimate of drug-likeness (QED) is 0.755. The first-order valence-electron chi connectivity index (χ1n) is 7.95. The fraction of sp³-hybridized carbons (Fsp3) is 0.933. The third kappa shape index (κ3) is 4.72. The molecule has 0 aromatic carbocycles. The molecule has 1 aliphatic heterocycles. The van der Waals surface area contributed by atoms with Crippen LogP contribution in [0, 0.1) is 0 Å². The van der Waals surface area contributed by atoms with Gasteiger partial charge in [0, 0.05) is 25.2 Å². The topological polar surface area (TPSA) is 53.6 Å². The average molecular weight is 283 g/mol. The van der Waals surface area contributed by atoms with Crippen LogP contribution in [0.5, 0.6) is 0 Å². The van der Waals surface area contributed by atoms with Gasteiger partial charge >= 0.3 is 0 Å². The van der Waals surface area contributed by atoms with Crippen molar-refractivity contribution in [3.8, 4) is 0 Å². The van der Waals surface area contributed by atoms with Crippen LogP contribution >= 0.6 is 0 Å². The Kier molecular flexibility index (Phi) is 6.26. The van der Waals surface area contributed by atoms with Crippen LogP contribution in [0.3, 0.4) is 0 Å². The van der Waals surface area contributed by atoms with Gasteiger partial charge in [0.05, 0.1) is 12.6 Å². The number of rotatable bonds is 6. The smallest absolute Gasteiger partial charge is 0.234 e. The maximum Gasteiger partial charge on any atom is 0.234 e. The van der Waals surface area contributed by atoms with Gasteiger partial charge in [0.15, 0.2) is 0 Å². The second-order valence-electron chi connectivity index (χ2n) is 6.15. The first kappa shape index (κ1) is 15.7. The van der Waals surface area contributed by atoms with Crippen molar-refractivity contribution in [2.45, 2.75) is 56.7 Å². The van der Waals surface area contributed by atoms with Crippen molar-refractivity contribution in [2.75, 3.05) is 33.8 Å². The molecule has 0 radical (unpaired) electrons. The third-order valence-corrected chi connectivity index (χ3v) is 4.67. The highest BCUT2D eigenvalue weighted by Crippen LogP contribution is 2.21. The molecule has 1 amide bonds. The Hall–Kier alpha value is -0.650. The van der Waals surface area contributed by atoms with Gasteiger partial charge in [0.1, 0.15) is 0 Å². The lowest BCUT2D eigenvalue weighted by molar-refractivity contribution is -0.123. The molecule has 1 aliphatic carbocycles. The van der Waals surface area contributed by atoms with Gasteiger partial charge in [-0.3, -0.25) is 9.69 Å². The van der Waals surface area contributed by atoms with E-state index in [-0.39, 0.29) is 12.0 Å². The molecule has 2 rings (SSSR count). The molecule has 1 unspecified atom stereocenters. The maximum atomic E-state index is 12.0. The summed E-state index contributed by atoms with van der Waals surface area (Å²) in [5.74, 6) is 0.124. The number of hydrogen-bond donors (Lipinski definition) is 2. The van der Waals surface area contributed by atoms with Crippen LogP contribution < -0.4 is 10.6 Å². The minimum atomic E-state index is 0.124. The van der Waals surface area contributed by atoms with E-state index in [4.69, 9.17) is 4.74 Å². The van der Waals surface area contributed by atoms with Gasteiger partial charge in [-0.05, 0) is 52.6 Å². The van der Waals surface area contributed by atoms with Crippen LogP contribution in [0.1, 0.15) is 38.5 Å². The summed E-state index contributed by atoms with van der Waals surface area (Å²) in [7, 11) is 4.10. The molecule has 0 bridgehead atoms. The number of hydrogen-bond acceptors (Lipinski definition) is 4. The molecule has 2 aliphatic rings. The number of amides is 1. The lowest BCUT2D eigenvalue weighted by atomic mass is 9.90. The molecule has 5 heteroatoms. The molecule has 2 N–H and O–H groups in total. The molecular formula is C15H29N3O2. The molecular weight excluding hydrogens is 254 g/mol. The highest BCUT2D eigenvalue weighted by Gasteiger charge is 2.24. The Labute approximate surface area is 122 Å². The van der Waals surface area contributed by atoms with Crippen molar-refractivity contribution in [1.29, 1.82) is 0 Å². The number of nitrogens with one attached hydrogen (secondary N) is 2. The summed E-state index contributed by atoms with van der Waals surface area (Å²) in [6.07, 6.45) is 7.21. The van der Waals surface area contributed by atoms with E-state index < -0.39 is 0 Å². The zero-order valence-electron chi connectivity index (χ0n) is 12.9. The highest BCUT2D eigenvalue weighted by molar-refractivity contribution is 5.78. The zero-order valence-corrected chi connectivity index (χ0v) is 12.9. The Balaban J connectivity index is 1.63.